The number of nitrogens with zero attached hydrogens (tertiary/aromatic N) is 2. The zero-order valence-electron chi connectivity index (χ0n) is 13.5. The third-order valence-corrected chi connectivity index (χ3v) is 6.21. The molecule has 5 heteroatoms. The molecule has 4 rings (SSSR count). The van der Waals surface area contributed by atoms with Gasteiger partial charge < -0.3 is 4.90 Å². The van der Waals surface area contributed by atoms with Gasteiger partial charge >= 0.3 is 0 Å². The summed E-state index contributed by atoms with van der Waals surface area (Å²) < 4.78 is 0. The lowest BCUT2D eigenvalue weighted by molar-refractivity contribution is -0.928. The van der Waals surface area contributed by atoms with Crippen molar-refractivity contribution in [2.24, 2.45) is 0 Å². The molecule has 0 saturated heterocycles. The molecule has 4 nitrogen and oxygen atoms in total. The van der Waals surface area contributed by atoms with Gasteiger partial charge in [-0.05, 0) is 43.4 Å². The Balaban J connectivity index is 1.66. The van der Waals surface area contributed by atoms with E-state index in [1.807, 2.05) is 34.6 Å². The van der Waals surface area contributed by atoms with Gasteiger partial charge in [0.25, 0.3) is 0 Å². The van der Waals surface area contributed by atoms with E-state index in [9.17, 15) is 4.79 Å². The van der Waals surface area contributed by atoms with Crippen molar-refractivity contribution in [1.82, 2.24) is 4.98 Å². The van der Waals surface area contributed by atoms with Crippen LogP contribution >= 0.6 is 11.3 Å². The Morgan fingerprint density at radius 1 is 1.30 bits per heavy atom. The molecule has 1 aliphatic heterocycles. The van der Waals surface area contributed by atoms with Crippen LogP contribution in [0.15, 0.2) is 24.4 Å². The van der Waals surface area contributed by atoms with Crippen LogP contribution < -0.4 is 9.80 Å². The van der Waals surface area contributed by atoms with Crippen molar-refractivity contribution < 1.29 is 9.69 Å². The van der Waals surface area contributed by atoms with Gasteiger partial charge in [0.2, 0.25) is 5.91 Å². The standard InChI is InChI=1S/C18H21N3OS/c1-13(22)21-12-20(10-14-6-4-5-9-19-14)11-16-15-7-2-3-8-17(15)23-18(16)21/h4-6,9H,2-3,7-8,10-12H2,1H3/p+1. The van der Waals surface area contributed by atoms with E-state index in [1.165, 1.54) is 46.0 Å². The van der Waals surface area contributed by atoms with Crippen molar-refractivity contribution in [2.45, 2.75) is 45.7 Å². The number of hydrogen-bond acceptors (Lipinski definition) is 3. The second-order valence-electron chi connectivity index (χ2n) is 6.52. The van der Waals surface area contributed by atoms with Crippen LogP contribution in [0.4, 0.5) is 5.00 Å². The maximum absolute atomic E-state index is 12.2. The predicted octanol–water partition coefficient (Wildman–Crippen LogP) is 1.93. The summed E-state index contributed by atoms with van der Waals surface area (Å²) in [4.78, 5) is 21.5. The fourth-order valence-electron chi connectivity index (χ4n) is 3.75. The second-order valence-corrected chi connectivity index (χ2v) is 7.61. The normalized spacial score (nSPS) is 20.0. The lowest BCUT2D eigenvalue weighted by Crippen LogP contribution is -3.12. The molecule has 0 saturated carbocycles. The van der Waals surface area contributed by atoms with Gasteiger partial charge in [0.1, 0.15) is 18.1 Å². The Morgan fingerprint density at radius 2 is 2.17 bits per heavy atom. The van der Waals surface area contributed by atoms with Crippen molar-refractivity contribution in [3.8, 4) is 0 Å². The molecule has 1 N–H and O–H groups in total. The monoisotopic (exact) mass is 328 g/mol. The number of aryl methyl sites for hydroxylation is 1. The van der Waals surface area contributed by atoms with E-state index >= 15 is 0 Å². The molecule has 0 spiro atoms. The zero-order valence-corrected chi connectivity index (χ0v) is 14.3. The van der Waals surface area contributed by atoms with Crippen LogP contribution in [-0.2, 0) is 30.7 Å². The van der Waals surface area contributed by atoms with Crippen molar-refractivity contribution in [1.29, 1.82) is 0 Å². The molecule has 2 aliphatic rings. The van der Waals surface area contributed by atoms with Crippen LogP contribution in [0.25, 0.3) is 0 Å². The Bertz CT molecular complexity index is 725. The average Bonchev–Trinajstić information content (AvgIpc) is 2.93. The second kappa shape index (κ2) is 6.06. The average molecular weight is 328 g/mol. The van der Waals surface area contributed by atoms with Crippen LogP contribution in [-0.4, -0.2) is 17.6 Å². The van der Waals surface area contributed by atoms with Crippen molar-refractivity contribution in [3.05, 3.63) is 46.1 Å². The molecule has 1 unspecified atom stereocenters. The van der Waals surface area contributed by atoms with Gasteiger partial charge in [-0.15, -0.1) is 11.3 Å². The van der Waals surface area contributed by atoms with Gasteiger partial charge in [-0.2, -0.15) is 0 Å². The summed E-state index contributed by atoms with van der Waals surface area (Å²) in [6, 6.07) is 6.06. The predicted molar refractivity (Wildman–Crippen MR) is 91.6 cm³/mol. The van der Waals surface area contributed by atoms with E-state index in [2.05, 4.69) is 11.1 Å². The maximum Gasteiger partial charge on any atom is 0.228 e. The van der Waals surface area contributed by atoms with Gasteiger partial charge in [-0.3, -0.25) is 14.7 Å². The fourth-order valence-corrected chi connectivity index (χ4v) is 5.20. The lowest BCUT2D eigenvalue weighted by Gasteiger charge is -2.32. The number of anilines is 1. The van der Waals surface area contributed by atoms with Gasteiger partial charge in [0, 0.05) is 23.6 Å². The number of fused-ring (bicyclic) bond motifs is 3. The number of rotatable bonds is 2. The molecule has 120 valence electrons. The first kappa shape index (κ1) is 14.8. The van der Waals surface area contributed by atoms with E-state index in [4.69, 9.17) is 0 Å². The minimum absolute atomic E-state index is 0.156. The molecule has 23 heavy (non-hydrogen) atoms. The molecule has 0 fully saturated rings. The minimum atomic E-state index is 0.156. The number of hydrogen-bond donors (Lipinski definition) is 1. The maximum atomic E-state index is 12.2. The Labute approximate surface area is 140 Å². The summed E-state index contributed by atoms with van der Waals surface area (Å²) in [6.45, 7) is 4.32. The van der Waals surface area contributed by atoms with E-state index < -0.39 is 0 Å². The summed E-state index contributed by atoms with van der Waals surface area (Å²) in [5.74, 6) is 0.156. The van der Waals surface area contributed by atoms with Crippen LogP contribution in [0.3, 0.4) is 0 Å². The molecule has 1 aliphatic carbocycles. The van der Waals surface area contributed by atoms with E-state index in [0.717, 1.165) is 25.5 Å². The summed E-state index contributed by atoms with van der Waals surface area (Å²) in [7, 11) is 0. The number of quaternary nitrogens is 1. The van der Waals surface area contributed by atoms with Crippen LogP contribution in [0, 0.1) is 0 Å². The molecular weight excluding hydrogens is 306 g/mol. The zero-order chi connectivity index (χ0) is 15.8. The molecule has 0 radical (unpaired) electrons. The third-order valence-electron chi connectivity index (χ3n) is 4.85. The number of amides is 1. The molecular formula is C18H22N3OS+. The minimum Gasteiger partial charge on any atom is -0.309 e. The SMILES string of the molecule is CC(=O)N1C[NH+](Cc2ccccn2)Cc2c1sc1c2CCCC1. The Hall–Kier alpha value is -1.72. The summed E-state index contributed by atoms with van der Waals surface area (Å²) in [5, 5.41) is 1.22. The molecule has 0 aromatic carbocycles. The fraction of sp³-hybridized carbons (Fsp3) is 0.444. The van der Waals surface area contributed by atoms with Gasteiger partial charge in [-0.25, -0.2) is 0 Å². The number of carbonyl (C=O) groups excluding carboxylic acids is 1. The highest BCUT2D eigenvalue weighted by Gasteiger charge is 2.34. The Morgan fingerprint density at radius 3 is 2.96 bits per heavy atom. The largest absolute Gasteiger partial charge is 0.309 e. The number of pyridine rings is 1. The molecule has 1 atom stereocenters. The first-order chi connectivity index (χ1) is 11.2. The summed E-state index contributed by atoms with van der Waals surface area (Å²) in [6.07, 6.45) is 6.79. The highest BCUT2D eigenvalue weighted by Crippen LogP contribution is 2.40. The van der Waals surface area contributed by atoms with Gasteiger partial charge in [0.05, 0.1) is 5.69 Å². The lowest BCUT2D eigenvalue weighted by atomic mass is 9.94. The van der Waals surface area contributed by atoms with Crippen molar-refractivity contribution in [2.75, 3.05) is 11.6 Å². The Kier molecular flexibility index (Phi) is 3.91. The number of carbonyl (C=O) groups is 1. The molecule has 3 heterocycles. The number of thiophene rings is 1. The van der Waals surface area contributed by atoms with Crippen LogP contribution in [0.5, 0.6) is 0 Å². The topological polar surface area (TPSA) is 37.6 Å². The van der Waals surface area contributed by atoms with Gasteiger partial charge in [-0.1, -0.05) is 6.07 Å². The third kappa shape index (κ3) is 2.79. The quantitative estimate of drug-likeness (QED) is 0.915. The first-order valence-electron chi connectivity index (χ1n) is 8.37. The molecule has 1 amide bonds. The highest BCUT2D eigenvalue weighted by molar-refractivity contribution is 7.16. The molecule has 0 bridgehead atoms. The number of aromatic nitrogens is 1. The summed E-state index contributed by atoms with van der Waals surface area (Å²) >= 11 is 1.86. The summed E-state index contributed by atoms with van der Waals surface area (Å²) in [5.41, 5.74) is 4.07. The van der Waals surface area contributed by atoms with Crippen LogP contribution in [0.2, 0.25) is 0 Å². The smallest absolute Gasteiger partial charge is 0.228 e. The van der Waals surface area contributed by atoms with Crippen LogP contribution in [0.1, 0.15) is 41.5 Å². The van der Waals surface area contributed by atoms with E-state index in [1.54, 1.807) is 12.5 Å². The van der Waals surface area contributed by atoms with E-state index in [0.29, 0.717) is 0 Å². The molecule has 2 aromatic rings. The van der Waals surface area contributed by atoms with Crippen molar-refractivity contribution in [3.63, 3.8) is 0 Å². The molecule has 2 aromatic heterocycles. The van der Waals surface area contributed by atoms with Crippen molar-refractivity contribution >= 4 is 22.2 Å². The highest BCUT2D eigenvalue weighted by atomic mass is 32.1. The van der Waals surface area contributed by atoms with Gasteiger partial charge in [0.15, 0.2) is 6.67 Å². The first-order valence-corrected chi connectivity index (χ1v) is 9.19. The van der Waals surface area contributed by atoms with E-state index in [-0.39, 0.29) is 5.91 Å². The number of nitrogens with one attached hydrogen (secondary N) is 1.